The smallest absolute Gasteiger partial charge is 0.216 e. The molecule has 9 nitrogen and oxygen atoms in total. The minimum atomic E-state index is -3.18. The Morgan fingerprint density at radius 2 is 1.85 bits per heavy atom. The molecule has 10 heteroatoms. The Labute approximate surface area is 159 Å². The second-order valence-corrected chi connectivity index (χ2v) is 10.1. The van der Waals surface area contributed by atoms with Crippen LogP contribution in [0.1, 0.15) is 13.8 Å². The van der Waals surface area contributed by atoms with Gasteiger partial charge < -0.3 is 14.2 Å². The van der Waals surface area contributed by atoms with Crippen molar-refractivity contribution in [1.82, 2.24) is 23.8 Å². The largest absolute Gasteiger partial charge is 0.383 e. The molecular weight excluding hydrogens is 368 g/mol. The van der Waals surface area contributed by atoms with Crippen LogP contribution < -0.4 is 4.90 Å². The third-order valence-electron chi connectivity index (χ3n) is 5.63. The molecular formula is C17H26N6O3S. The highest BCUT2D eigenvalue weighted by molar-refractivity contribution is 7.89. The van der Waals surface area contributed by atoms with Gasteiger partial charge in [-0.1, -0.05) is 0 Å². The van der Waals surface area contributed by atoms with Gasteiger partial charge in [0, 0.05) is 39.8 Å². The number of aromatic nitrogens is 4. The molecule has 0 spiro atoms. The summed E-state index contributed by atoms with van der Waals surface area (Å²) in [4.78, 5) is 15.6. The van der Waals surface area contributed by atoms with Crippen molar-refractivity contribution >= 4 is 27.0 Å². The molecule has 2 atom stereocenters. The molecule has 0 aliphatic carbocycles. The van der Waals surface area contributed by atoms with Gasteiger partial charge in [-0.25, -0.2) is 27.7 Å². The predicted octanol–water partition coefficient (Wildman–Crippen LogP) is 0.579. The van der Waals surface area contributed by atoms with E-state index in [1.54, 1.807) is 37.9 Å². The Balaban J connectivity index is 1.52. The van der Waals surface area contributed by atoms with E-state index in [0.29, 0.717) is 38.1 Å². The third kappa shape index (κ3) is 3.19. The Hall–Kier alpha value is -1.78. The highest BCUT2D eigenvalue weighted by Crippen LogP contribution is 2.36. The van der Waals surface area contributed by atoms with E-state index in [2.05, 4.69) is 19.9 Å². The Morgan fingerprint density at radius 3 is 2.48 bits per heavy atom. The summed E-state index contributed by atoms with van der Waals surface area (Å²) in [7, 11) is -1.51. The number of fused-ring (bicyclic) bond motifs is 2. The van der Waals surface area contributed by atoms with E-state index in [4.69, 9.17) is 4.74 Å². The van der Waals surface area contributed by atoms with E-state index in [1.165, 1.54) is 0 Å². The van der Waals surface area contributed by atoms with Crippen LogP contribution in [0, 0.1) is 11.8 Å². The van der Waals surface area contributed by atoms with Gasteiger partial charge in [-0.2, -0.15) is 0 Å². The van der Waals surface area contributed by atoms with Gasteiger partial charge in [0.15, 0.2) is 17.0 Å². The molecule has 0 radical (unpaired) electrons. The molecule has 0 aromatic carbocycles. The number of methoxy groups -OCH3 is 1. The molecule has 0 amide bonds. The molecule has 2 aliphatic heterocycles. The monoisotopic (exact) mass is 394 g/mol. The van der Waals surface area contributed by atoms with Crippen LogP contribution in [0.25, 0.3) is 11.2 Å². The lowest BCUT2D eigenvalue weighted by Gasteiger charge is -2.23. The van der Waals surface area contributed by atoms with E-state index in [-0.39, 0.29) is 5.25 Å². The summed E-state index contributed by atoms with van der Waals surface area (Å²) >= 11 is 0. The van der Waals surface area contributed by atoms with Crippen LogP contribution in [0.3, 0.4) is 0 Å². The third-order valence-corrected chi connectivity index (χ3v) is 7.84. The van der Waals surface area contributed by atoms with Gasteiger partial charge in [0.1, 0.15) is 6.33 Å². The Bertz CT molecular complexity index is 914. The highest BCUT2D eigenvalue weighted by atomic mass is 32.2. The van der Waals surface area contributed by atoms with E-state index in [1.807, 2.05) is 4.57 Å². The summed E-state index contributed by atoms with van der Waals surface area (Å²) in [5.41, 5.74) is 1.60. The zero-order valence-electron chi connectivity index (χ0n) is 15.9. The van der Waals surface area contributed by atoms with Crippen molar-refractivity contribution in [3.63, 3.8) is 0 Å². The first kappa shape index (κ1) is 18.6. The molecule has 4 heterocycles. The van der Waals surface area contributed by atoms with Crippen molar-refractivity contribution in [3.05, 3.63) is 12.7 Å². The van der Waals surface area contributed by atoms with Crippen LogP contribution in [0.15, 0.2) is 12.7 Å². The SMILES string of the molecule is COCCn1cnc2c(N3CC4CN(S(=O)(=O)C(C)C)CC4C3)ncnc21. The second-order valence-electron chi connectivity index (χ2n) is 7.64. The fourth-order valence-corrected chi connectivity index (χ4v) is 5.48. The van der Waals surface area contributed by atoms with Crippen LogP contribution in [-0.4, -0.2) is 77.4 Å². The van der Waals surface area contributed by atoms with Gasteiger partial charge in [0.2, 0.25) is 10.0 Å². The molecule has 0 saturated carbocycles. The zero-order chi connectivity index (χ0) is 19.2. The molecule has 2 aromatic rings. The quantitative estimate of drug-likeness (QED) is 0.707. The van der Waals surface area contributed by atoms with Crippen LogP contribution in [0.5, 0.6) is 0 Å². The number of imidazole rings is 1. The van der Waals surface area contributed by atoms with Crippen LogP contribution in [0.2, 0.25) is 0 Å². The van der Waals surface area contributed by atoms with Crippen molar-refractivity contribution < 1.29 is 13.2 Å². The maximum atomic E-state index is 12.4. The number of anilines is 1. The molecule has 2 fully saturated rings. The first-order chi connectivity index (χ1) is 12.9. The lowest BCUT2D eigenvalue weighted by molar-refractivity contribution is 0.188. The standard InChI is InChI=1S/C17H26N6O3S/c1-12(2)27(24,25)23-8-13-6-22(7-14(13)9-23)17-15-16(18-10-19-17)21(11-20-15)4-5-26-3/h10-14H,4-9H2,1-3H3. The van der Waals surface area contributed by atoms with E-state index >= 15 is 0 Å². The predicted molar refractivity (Wildman–Crippen MR) is 102 cm³/mol. The molecule has 148 valence electrons. The van der Waals surface area contributed by atoms with Gasteiger partial charge in [0.25, 0.3) is 0 Å². The van der Waals surface area contributed by atoms with Crippen molar-refractivity contribution in [2.75, 3.05) is 44.8 Å². The van der Waals surface area contributed by atoms with Gasteiger partial charge in [-0.3, -0.25) is 0 Å². The lowest BCUT2D eigenvalue weighted by atomic mass is 10.0. The van der Waals surface area contributed by atoms with E-state index in [9.17, 15) is 8.42 Å². The molecule has 4 rings (SSSR count). The summed E-state index contributed by atoms with van der Waals surface area (Å²) in [6, 6.07) is 0. The molecule has 2 aliphatic rings. The fraction of sp³-hybridized carbons (Fsp3) is 0.706. The average Bonchev–Trinajstić information content (AvgIpc) is 3.32. The topological polar surface area (TPSA) is 93.5 Å². The van der Waals surface area contributed by atoms with Crippen molar-refractivity contribution in [2.45, 2.75) is 25.6 Å². The number of hydrogen-bond donors (Lipinski definition) is 0. The van der Waals surface area contributed by atoms with Crippen LogP contribution >= 0.6 is 0 Å². The second kappa shape index (κ2) is 6.99. The van der Waals surface area contributed by atoms with Crippen LogP contribution in [0.4, 0.5) is 5.82 Å². The lowest BCUT2D eigenvalue weighted by Crippen LogP contribution is -2.37. The highest BCUT2D eigenvalue weighted by Gasteiger charge is 2.45. The first-order valence-electron chi connectivity index (χ1n) is 9.30. The van der Waals surface area contributed by atoms with Crippen molar-refractivity contribution in [1.29, 1.82) is 0 Å². The summed E-state index contributed by atoms with van der Waals surface area (Å²) in [5.74, 6) is 1.50. The molecule has 0 N–H and O–H groups in total. The minimum absolute atomic E-state index is 0.333. The Morgan fingerprint density at radius 1 is 1.15 bits per heavy atom. The molecule has 0 bridgehead atoms. The van der Waals surface area contributed by atoms with Gasteiger partial charge >= 0.3 is 0 Å². The molecule has 2 unspecified atom stereocenters. The van der Waals surface area contributed by atoms with Crippen LogP contribution in [-0.2, 0) is 21.3 Å². The van der Waals surface area contributed by atoms with Gasteiger partial charge in [-0.15, -0.1) is 0 Å². The summed E-state index contributed by atoms with van der Waals surface area (Å²) in [6.45, 7) is 7.56. The maximum absolute atomic E-state index is 12.4. The Kier molecular flexibility index (Phi) is 4.81. The zero-order valence-corrected chi connectivity index (χ0v) is 16.8. The fourth-order valence-electron chi connectivity index (χ4n) is 4.08. The van der Waals surface area contributed by atoms with Crippen molar-refractivity contribution in [3.8, 4) is 0 Å². The van der Waals surface area contributed by atoms with Crippen molar-refractivity contribution in [2.24, 2.45) is 11.8 Å². The molecule has 27 heavy (non-hydrogen) atoms. The molecule has 2 saturated heterocycles. The number of hydrogen-bond acceptors (Lipinski definition) is 7. The summed E-state index contributed by atoms with van der Waals surface area (Å²) in [6.07, 6.45) is 3.35. The number of sulfonamides is 1. The maximum Gasteiger partial charge on any atom is 0.216 e. The number of ether oxygens (including phenoxy) is 1. The van der Waals surface area contributed by atoms with Gasteiger partial charge in [0.05, 0.1) is 18.2 Å². The number of nitrogens with zero attached hydrogens (tertiary/aromatic N) is 6. The summed E-state index contributed by atoms with van der Waals surface area (Å²) < 4.78 is 33.7. The number of rotatable bonds is 6. The van der Waals surface area contributed by atoms with Gasteiger partial charge in [-0.05, 0) is 25.7 Å². The minimum Gasteiger partial charge on any atom is -0.383 e. The van der Waals surface area contributed by atoms with E-state index in [0.717, 1.165) is 30.1 Å². The summed E-state index contributed by atoms with van der Waals surface area (Å²) in [5, 5.41) is -0.370. The first-order valence-corrected chi connectivity index (χ1v) is 10.8. The average molecular weight is 395 g/mol. The molecule has 2 aromatic heterocycles. The van der Waals surface area contributed by atoms with E-state index < -0.39 is 10.0 Å². The normalized spacial score (nSPS) is 23.6.